The van der Waals surface area contributed by atoms with Gasteiger partial charge in [-0.1, -0.05) is 13.0 Å². The number of nitrogens with one attached hydrogen (secondary N) is 1. The maximum Gasteiger partial charge on any atom is 0.229 e. The van der Waals surface area contributed by atoms with Gasteiger partial charge in [0.05, 0.1) is 13.2 Å². The molecule has 0 radical (unpaired) electrons. The summed E-state index contributed by atoms with van der Waals surface area (Å²) in [4.78, 5) is 16.5. The number of benzene rings is 2. The molecule has 2 aromatic carbocycles. The van der Waals surface area contributed by atoms with E-state index in [2.05, 4.69) is 57.0 Å². The number of ether oxygens (including phenoxy) is 1. The van der Waals surface area contributed by atoms with Crippen LogP contribution < -0.4 is 10.2 Å². The van der Waals surface area contributed by atoms with Gasteiger partial charge in [0.1, 0.15) is 11.5 Å². The molecule has 0 saturated carbocycles. The minimum Gasteiger partial charge on any atom is -0.379 e. The van der Waals surface area contributed by atoms with Gasteiger partial charge in [-0.05, 0) is 55.4 Å². The van der Waals surface area contributed by atoms with Crippen LogP contribution in [0.2, 0.25) is 0 Å². The fourth-order valence-electron chi connectivity index (χ4n) is 5.52. The second kappa shape index (κ2) is 11.3. The largest absolute Gasteiger partial charge is 0.379 e. The number of anilines is 3. The third-order valence-corrected chi connectivity index (χ3v) is 7.85. The number of morpholine rings is 1. The van der Waals surface area contributed by atoms with Crippen molar-refractivity contribution in [2.45, 2.75) is 20.4 Å². The Labute approximate surface area is 229 Å². The highest BCUT2D eigenvalue weighted by molar-refractivity contribution is 5.79. The summed E-state index contributed by atoms with van der Waals surface area (Å²) in [6.45, 7) is 13.4. The lowest BCUT2D eigenvalue weighted by Gasteiger charge is -2.36. The van der Waals surface area contributed by atoms with Gasteiger partial charge < -0.3 is 24.4 Å². The second-order valence-electron chi connectivity index (χ2n) is 10.4. The number of likely N-dealkylation sites (N-methyl/N-ethyl adjacent to an activating group) is 1. The average Bonchev–Trinajstić information content (AvgIpc) is 3.38. The summed E-state index contributed by atoms with van der Waals surface area (Å²) in [7, 11) is 0. The van der Waals surface area contributed by atoms with E-state index >= 15 is 4.39 Å². The van der Waals surface area contributed by atoms with Crippen LogP contribution in [-0.2, 0) is 11.3 Å². The first-order chi connectivity index (χ1) is 19.1. The van der Waals surface area contributed by atoms with Crippen LogP contribution in [0.5, 0.6) is 0 Å². The molecule has 39 heavy (non-hydrogen) atoms. The van der Waals surface area contributed by atoms with Crippen molar-refractivity contribution < 1.29 is 9.13 Å². The molecule has 0 bridgehead atoms. The van der Waals surface area contributed by atoms with E-state index in [9.17, 15) is 0 Å². The summed E-state index contributed by atoms with van der Waals surface area (Å²) in [5.41, 5.74) is 5.61. The minimum atomic E-state index is -0.208. The van der Waals surface area contributed by atoms with Gasteiger partial charge in [-0.3, -0.25) is 4.90 Å². The maximum atomic E-state index is 15.1. The Morgan fingerprint density at radius 3 is 2.51 bits per heavy atom. The van der Waals surface area contributed by atoms with Crippen LogP contribution in [0.4, 0.5) is 21.7 Å². The van der Waals surface area contributed by atoms with Crippen molar-refractivity contribution in [1.82, 2.24) is 24.3 Å². The van der Waals surface area contributed by atoms with Crippen LogP contribution in [0.3, 0.4) is 0 Å². The number of rotatable bonds is 7. The van der Waals surface area contributed by atoms with E-state index in [1.54, 1.807) is 12.3 Å². The zero-order chi connectivity index (χ0) is 26.8. The van der Waals surface area contributed by atoms with Crippen molar-refractivity contribution in [1.29, 1.82) is 0 Å². The van der Waals surface area contributed by atoms with Gasteiger partial charge in [-0.2, -0.15) is 4.98 Å². The Bertz CT molecular complexity index is 1440. The third-order valence-electron chi connectivity index (χ3n) is 7.85. The SMILES string of the molecule is CCN1CCN(c2ccc(Nc3ncc4ccn(-c5ccc(CN6CCOCC6)c(F)c5)c4n3)cc2C)CC1. The number of fused-ring (bicyclic) bond motifs is 1. The Morgan fingerprint density at radius 2 is 1.77 bits per heavy atom. The molecule has 0 amide bonds. The Kier molecular flexibility index (Phi) is 7.45. The van der Waals surface area contributed by atoms with Crippen LogP contribution >= 0.6 is 0 Å². The quantitative estimate of drug-likeness (QED) is 0.376. The molecule has 2 aliphatic heterocycles. The van der Waals surface area contributed by atoms with Gasteiger partial charge in [0.15, 0.2) is 0 Å². The fourth-order valence-corrected chi connectivity index (χ4v) is 5.52. The van der Waals surface area contributed by atoms with Gasteiger partial charge in [0.25, 0.3) is 0 Å². The summed E-state index contributed by atoms with van der Waals surface area (Å²) in [6.07, 6.45) is 3.72. The summed E-state index contributed by atoms with van der Waals surface area (Å²) in [6, 6.07) is 13.8. The molecule has 204 valence electrons. The lowest BCUT2D eigenvalue weighted by Crippen LogP contribution is -2.46. The van der Waals surface area contributed by atoms with E-state index in [0.29, 0.717) is 31.3 Å². The average molecular weight is 530 g/mol. The molecular weight excluding hydrogens is 493 g/mol. The molecule has 6 rings (SSSR count). The van der Waals surface area contributed by atoms with Crippen LogP contribution in [-0.4, -0.2) is 83.4 Å². The number of piperazine rings is 1. The lowest BCUT2D eigenvalue weighted by molar-refractivity contribution is 0.0337. The van der Waals surface area contributed by atoms with E-state index < -0.39 is 0 Å². The van der Waals surface area contributed by atoms with Crippen LogP contribution in [0.1, 0.15) is 18.1 Å². The molecule has 9 heteroatoms. The molecule has 8 nitrogen and oxygen atoms in total. The molecule has 2 fully saturated rings. The summed E-state index contributed by atoms with van der Waals surface area (Å²) < 4.78 is 22.4. The molecule has 2 aromatic heterocycles. The van der Waals surface area contributed by atoms with Crippen molar-refractivity contribution in [3.05, 3.63) is 71.8 Å². The van der Waals surface area contributed by atoms with E-state index in [-0.39, 0.29) is 5.82 Å². The van der Waals surface area contributed by atoms with Gasteiger partial charge >= 0.3 is 0 Å². The van der Waals surface area contributed by atoms with Crippen molar-refractivity contribution in [3.63, 3.8) is 0 Å². The molecule has 4 heterocycles. The smallest absolute Gasteiger partial charge is 0.229 e. The number of nitrogens with zero attached hydrogens (tertiary/aromatic N) is 6. The number of hydrogen-bond donors (Lipinski definition) is 1. The Balaban J connectivity index is 1.19. The van der Waals surface area contributed by atoms with Crippen molar-refractivity contribution in [3.8, 4) is 5.69 Å². The van der Waals surface area contributed by atoms with E-state index in [1.165, 1.54) is 11.3 Å². The van der Waals surface area contributed by atoms with Crippen LogP contribution in [0.15, 0.2) is 54.9 Å². The standard InChI is InChI=1S/C30H36FN7O/c1-3-35-10-12-37(13-11-35)28-7-5-25(18-22(28)2)33-30-32-20-23-8-9-38(29(23)34-30)26-6-4-24(27(31)19-26)21-36-14-16-39-17-15-36/h4-9,18-20H,3,10-17,21H2,1-2H3,(H,32,33,34). The number of hydrogen-bond acceptors (Lipinski definition) is 7. The first-order valence-electron chi connectivity index (χ1n) is 13.9. The van der Waals surface area contributed by atoms with Crippen molar-refractivity contribution in [2.75, 3.05) is 69.2 Å². The molecule has 4 aromatic rings. The second-order valence-corrected chi connectivity index (χ2v) is 10.4. The number of aryl methyl sites for hydroxylation is 1. The Hall–Kier alpha value is -3.53. The predicted molar refractivity (Wildman–Crippen MR) is 154 cm³/mol. The van der Waals surface area contributed by atoms with Gasteiger partial charge in [0.2, 0.25) is 5.95 Å². The summed E-state index contributed by atoms with van der Waals surface area (Å²) in [5.74, 6) is 0.301. The normalized spacial score (nSPS) is 17.2. The summed E-state index contributed by atoms with van der Waals surface area (Å²) >= 11 is 0. The number of halogens is 1. The topological polar surface area (TPSA) is 61.7 Å². The molecule has 2 aliphatic rings. The maximum absolute atomic E-state index is 15.1. The zero-order valence-electron chi connectivity index (χ0n) is 22.7. The minimum absolute atomic E-state index is 0.208. The molecular formula is C30H36FN7O. The molecule has 0 atom stereocenters. The van der Waals surface area contributed by atoms with E-state index in [4.69, 9.17) is 9.72 Å². The van der Waals surface area contributed by atoms with E-state index in [1.807, 2.05) is 29.0 Å². The van der Waals surface area contributed by atoms with Gasteiger partial charge in [0, 0.05) is 86.2 Å². The molecule has 1 N–H and O–H groups in total. The van der Waals surface area contributed by atoms with E-state index in [0.717, 1.165) is 68.2 Å². The van der Waals surface area contributed by atoms with Crippen LogP contribution in [0.25, 0.3) is 16.7 Å². The highest BCUT2D eigenvalue weighted by atomic mass is 19.1. The zero-order valence-corrected chi connectivity index (χ0v) is 22.7. The molecule has 0 unspecified atom stereocenters. The Morgan fingerprint density at radius 1 is 0.949 bits per heavy atom. The molecule has 2 saturated heterocycles. The fraction of sp³-hybridized carbons (Fsp3) is 0.400. The number of aromatic nitrogens is 3. The lowest BCUT2D eigenvalue weighted by atomic mass is 10.1. The first-order valence-corrected chi connectivity index (χ1v) is 13.9. The van der Waals surface area contributed by atoms with Gasteiger partial charge in [-0.15, -0.1) is 0 Å². The van der Waals surface area contributed by atoms with Crippen molar-refractivity contribution >= 4 is 28.4 Å². The monoisotopic (exact) mass is 529 g/mol. The third kappa shape index (κ3) is 5.61. The highest BCUT2D eigenvalue weighted by Crippen LogP contribution is 2.27. The predicted octanol–water partition coefficient (Wildman–Crippen LogP) is 4.59. The summed E-state index contributed by atoms with van der Waals surface area (Å²) in [5, 5.41) is 4.26. The van der Waals surface area contributed by atoms with Crippen molar-refractivity contribution in [2.24, 2.45) is 0 Å². The highest BCUT2D eigenvalue weighted by Gasteiger charge is 2.18. The van der Waals surface area contributed by atoms with Crippen LogP contribution in [0, 0.1) is 12.7 Å². The van der Waals surface area contributed by atoms with Gasteiger partial charge in [-0.25, -0.2) is 9.37 Å². The molecule has 0 spiro atoms. The molecule has 0 aliphatic carbocycles. The first kappa shape index (κ1) is 25.7.